The molecule has 1 aliphatic heterocycles. The number of rotatable bonds is 4. The standard InChI is InChI=1S/C21H18N4O4S/c1-28-14-3-2-12-8-17(22-16(12)9-14)20(27)25-6-4-15-18(10-25)30-21(23-15)24-19(26)13-5-7-29-11-13/h2-3,5,7-9,11,22H,4,6,10H2,1H3,(H,23,24,26). The molecule has 0 fully saturated rings. The second-order valence-electron chi connectivity index (χ2n) is 6.97. The summed E-state index contributed by atoms with van der Waals surface area (Å²) in [4.78, 5) is 35.7. The van der Waals surface area contributed by atoms with Gasteiger partial charge in [0.25, 0.3) is 11.8 Å². The van der Waals surface area contributed by atoms with Gasteiger partial charge >= 0.3 is 0 Å². The number of methoxy groups -OCH3 is 1. The molecule has 0 saturated carbocycles. The van der Waals surface area contributed by atoms with Gasteiger partial charge in [0.15, 0.2) is 5.13 Å². The maximum Gasteiger partial charge on any atom is 0.270 e. The Morgan fingerprint density at radius 3 is 3.00 bits per heavy atom. The van der Waals surface area contributed by atoms with E-state index in [9.17, 15) is 9.59 Å². The van der Waals surface area contributed by atoms with Crippen LogP contribution in [0.2, 0.25) is 0 Å². The molecule has 0 saturated heterocycles. The largest absolute Gasteiger partial charge is 0.497 e. The molecule has 1 aromatic carbocycles. The van der Waals surface area contributed by atoms with E-state index in [1.54, 1.807) is 18.1 Å². The van der Waals surface area contributed by atoms with Gasteiger partial charge in [-0.25, -0.2) is 4.98 Å². The molecule has 4 heterocycles. The van der Waals surface area contributed by atoms with Gasteiger partial charge < -0.3 is 19.0 Å². The van der Waals surface area contributed by atoms with E-state index < -0.39 is 0 Å². The van der Waals surface area contributed by atoms with Crippen molar-refractivity contribution in [2.45, 2.75) is 13.0 Å². The normalized spacial score (nSPS) is 13.3. The lowest BCUT2D eigenvalue weighted by molar-refractivity contribution is 0.0731. The fourth-order valence-electron chi connectivity index (χ4n) is 3.50. The van der Waals surface area contributed by atoms with Crippen LogP contribution in [0.3, 0.4) is 0 Å². The number of ether oxygens (including phenoxy) is 1. The summed E-state index contributed by atoms with van der Waals surface area (Å²) in [6, 6.07) is 9.12. The fourth-order valence-corrected chi connectivity index (χ4v) is 4.52. The van der Waals surface area contributed by atoms with Crippen molar-refractivity contribution in [1.29, 1.82) is 0 Å². The van der Waals surface area contributed by atoms with Crippen molar-refractivity contribution in [2.24, 2.45) is 0 Å². The molecule has 30 heavy (non-hydrogen) atoms. The minimum absolute atomic E-state index is 0.0619. The van der Waals surface area contributed by atoms with Crippen LogP contribution in [0.5, 0.6) is 5.75 Å². The third-order valence-electron chi connectivity index (χ3n) is 5.08. The Labute approximate surface area is 175 Å². The van der Waals surface area contributed by atoms with E-state index in [2.05, 4.69) is 15.3 Å². The quantitative estimate of drug-likeness (QED) is 0.523. The van der Waals surface area contributed by atoms with Gasteiger partial charge in [0.2, 0.25) is 0 Å². The highest BCUT2D eigenvalue weighted by atomic mass is 32.1. The van der Waals surface area contributed by atoms with Crippen LogP contribution in [0.1, 0.15) is 31.4 Å². The first-order chi connectivity index (χ1) is 14.6. The Kier molecular flexibility index (Phi) is 4.51. The topological polar surface area (TPSA) is 100 Å². The zero-order valence-corrected chi connectivity index (χ0v) is 16.9. The summed E-state index contributed by atoms with van der Waals surface area (Å²) in [6.45, 7) is 1.04. The molecule has 5 rings (SSSR count). The third kappa shape index (κ3) is 3.33. The van der Waals surface area contributed by atoms with E-state index in [0.29, 0.717) is 35.9 Å². The van der Waals surface area contributed by atoms with E-state index in [4.69, 9.17) is 9.15 Å². The molecule has 0 unspecified atom stereocenters. The molecule has 2 N–H and O–H groups in total. The van der Waals surface area contributed by atoms with Crippen LogP contribution in [0.4, 0.5) is 5.13 Å². The fraction of sp³-hybridized carbons (Fsp3) is 0.190. The van der Waals surface area contributed by atoms with Crippen molar-refractivity contribution in [1.82, 2.24) is 14.9 Å². The molecular formula is C21H18N4O4S. The molecule has 3 aromatic heterocycles. The van der Waals surface area contributed by atoms with Crippen molar-refractivity contribution in [3.8, 4) is 5.75 Å². The van der Waals surface area contributed by atoms with Crippen molar-refractivity contribution in [3.05, 3.63) is 64.7 Å². The second-order valence-corrected chi connectivity index (χ2v) is 8.05. The molecule has 0 radical (unpaired) electrons. The predicted octanol–water partition coefficient (Wildman–Crippen LogP) is 3.68. The average molecular weight is 422 g/mol. The zero-order chi connectivity index (χ0) is 20.7. The van der Waals surface area contributed by atoms with Crippen LogP contribution < -0.4 is 10.1 Å². The van der Waals surface area contributed by atoms with E-state index in [0.717, 1.165) is 27.2 Å². The van der Waals surface area contributed by atoms with Gasteiger partial charge in [-0.15, -0.1) is 0 Å². The molecule has 1 aliphatic rings. The number of benzene rings is 1. The Bertz CT molecular complexity index is 1240. The molecule has 152 valence electrons. The zero-order valence-electron chi connectivity index (χ0n) is 16.1. The molecule has 9 heteroatoms. The first-order valence-corrected chi connectivity index (χ1v) is 10.2. The van der Waals surface area contributed by atoms with E-state index in [1.165, 1.54) is 23.9 Å². The van der Waals surface area contributed by atoms with Gasteiger partial charge in [-0.1, -0.05) is 11.3 Å². The molecular weight excluding hydrogens is 404 g/mol. The number of nitrogens with one attached hydrogen (secondary N) is 2. The number of nitrogens with zero attached hydrogens (tertiary/aromatic N) is 2. The van der Waals surface area contributed by atoms with Crippen molar-refractivity contribution in [3.63, 3.8) is 0 Å². The highest BCUT2D eigenvalue weighted by molar-refractivity contribution is 7.15. The van der Waals surface area contributed by atoms with E-state index >= 15 is 0 Å². The first-order valence-electron chi connectivity index (χ1n) is 9.39. The SMILES string of the molecule is COc1ccc2cc(C(=O)N3CCc4nc(NC(=O)c5ccoc5)sc4C3)[nH]c2c1. The molecule has 0 bridgehead atoms. The second kappa shape index (κ2) is 7.34. The maximum absolute atomic E-state index is 13.0. The Morgan fingerprint density at radius 1 is 1.30 bits per heavy atom. The van der Waals surface area contributed by atoms with Crippen molar-refractivity contribution < 1.29 is 18.7 Å². The van der Waals surface area contributed by atoms with Gasteiger partial charge in [-0.2, -0.15) is 0 Å². The number of H-pyrrole nitrogens is 1. The lowest BCUT2D eigenvalue weighted by atomic mass is 10.1. The average Bonchev–Trinajstić information content (AvgIpc) is 3.50. The molecule has 2 amide bonds. The molecule has 4 aromatic rings. The number of carbonyl (C=O) groups is 2. The third-order valence-corrected chi connectivity index (χ3v) is 6.08. The lowest BCUT2D eigenvalue weighted by Crippen LogP contribution is -2.35. The number of amides is 2. The van der Waals surface area contributed by atoms with Crippen LogP contribution >= 0.6 is 11.3 Å². The van der Waals surface area contributed by atoms with Gasteiger partial charge in [-0.05, 0) is 24.3 Å². The molecule has 0 atom stereocenters. The Balaban J connectivity index is 1.32. The number of fused-ring (bicyclic) bond motifs is 2. The summed E-state index contributed by atoms with van der Waals surface area (Å²) in [6.07, 6.45) is 3.48. The summed E-state index contributed by atoms with van der Waals surface area (Å²) < 4.78 is 10.2. The number of hydrogen-bond acceptors (Lipinski definition) is 6. The van der Waals surface area contributed by atoms with Gasteiger partial charge in [0.05, 0.1) is 31.2 Å². The predicted molar refractivity (Wildman–Crippen MR) is 112 cm³/mol. The Hall–Kier alpha value is -3.59. The monoisotopic (exact) mass is 422 g/mol. The van der Waals surface area contributed by atoms with Crippen LogP contribution in [0.25, 0.3) is 10.9 Å². The summed E-state index contributed by atoms with van der Waals surface area (Å²) >= 11 is 1.39. The highest BCUT2D eigenvalue weighted by Crippen LogP contribution is 2.30. The number of thiazole rings is 1. The van der Waals surface area contributed by atoms with Crippen LogP contribution in [0, 0.1) is 0 Å². The van der Waals surface area contributed by atoms with E-state index in [-0.39, 0.29) is 11.8 Å². The minimum Gasteiger partial charge on any atom is -0.497 e. The van der Waals surface area contributed by atoms with Gasteiger partial charge in [0, 0.05) is 34.8 Å². The maximum atomic E-state index is 13.0. The first kappa shape index (κ1) is 18.4. The number of furan rings is 1. The molecule has 0 spiro atoms. The Morgan fingerprint density at radius 2 is 2.20 bits per heavy atom. The summed E-state index contributed by atoms with van der Waals surface area (Å²) in [5, 5.41) is 4.28. The summed E-state index contributed by atoms with van der Waals surface area (Å²) in [7, 11) is 1.61. The number of anilines is 1. The van der Waals surface area contributed by atoms with Gasteiger partial charge in [-0.3, -0.25) is 14.9 Å². The highest BCUT2D eigenvalue weighted by Gasteiger charge is 2.26. The van der Waals surface area contributed by atoms with Crippen molar-refractivity contribution in [2.75, 3.05) is 19.0 Å². The van der Waals surface area contributed by atoms with Crippen LogP contribution in [-0.2, 0) is 13.0 Å². The lowest BCUT2D eigenvalue weighted by Gasteiger charge is -2.25. The number of carbonyl (C=O) groups excluding carboxylic acids is 2. The number of aromatic amines is 1. The number of aromatic nitrogens is 2. The molecule has 8 nitrogen and oxygen atoms in total. The van der Waals surface area contributed by atoms with Crippen LogP contribution in [0.15, 0.2) is 47.3 Å². The van der Waals surface area contributed by atoms with Crippen LogP contribution in [-0.4, -0.2) is 40.3 Å². The van der Waals surface area contributed by atoms with Crippen molar-refractivity contribution >= 4 is 39.2 Å². The molecule has 0 aliphatic carbocycles. The smallest absolute Gasteiger partial charge is 0.270 e. The summed E-state index contributed by atoms with van der Waals surface area (Å²) in [5.41, 5.74) is 2.76. The van der Waals surface area contributed by atoms with Gasteiger partial charge in [0.1, 0.15) is 17.7 Å². The number of hydrogen-bond donors (Lipinski definition) is 2. The minimum atomic E-state index is -0.267. The van der Waals surface area contributed by atoms with E-state index in [1.807, 2.05) is 24.3 Å². The summed E-state index contributed by atoms with van der Waals surface area (Å²) in [5.74, 6) is 0.408.